The van der Waals surface area contributed by atoms with E-state index in [2.05, 4.69) is 5.32 Å². The van der Waals surface area contributed by atoms with Gasteiger partial charge in [-0.3, -0.25) is 4.79 Å². The highest BCUT2D eigenvalue weighted by Crippen LogP contribution is 2.36. The summed E-state index contributed by atoms with van der Waals surface area (Å²) in [6.45, 7) is 0. The first-order valence-electron chi connectivity index (χ1n) is 8.37. The number of carbonyl (C=O) groups is 2. The van der Waals surface area contributed by atoms with Crippen LogP contribution in [0, 0.1) is 0 Å². The number of thiophene rings is 1. The second-order valence-corrected chi connectivity index (χ2v) is 6.61. The smallest absolute Gasteiger partial charge is 0.341 e. The van der Waals surface area contributed by atoms with E-state index in [1.54, 1.807) is 18.2 Å². The first kappa shape index (κ1) is 19.4. The average molecular weight is 397 g/mol. The van der Waals surface area contributed by atoms with E-state index in [0.29, 0.717) is 33.2 Å². The minimum Gasteiger partial charge on any atom is -0.493 e. The summed E-state index contributed by atoms with van der Waals surface area (Å²) in [5, 5.41) is 5.05. The highest BCUT2D eigenvalue weighted by molar-refractivity contribution is 7.15. The Balaban J connectivity index is 1.95. The molecule has 0 atom stereocenters. The van der Waals surface area contributed by atoms with Crippen molar-refractivity contribution in [3.63, 3.8) is 0 Å². The van der Waals surface area contributed by atoms with Crippen molar-refractivity contribution in [2.75, 3.05) is 26.6 Å². The summed E-state index contributed by atoms with van der Waals surface area (Å²) in [6.07, 6.45) is 0. The molecule has 0 fully saturated rings. The molecule has 0 saturated carbocycles. The molecule has 7 heteroatoms. The number of esters is 1. The lowest BCUT2D eigenvalue weighted by atomic mass is 10.0. The molecule has 0 spiro atoms. The summed E-state index contributed by atoms with van der Waals surface area (Å²) < 4.78 is 15.4. The molecule has 2 aromatic carbocycles. The zero-order valence-electron chi connectivity index (χ0n) is 15.6. The third kappa shape index (κ3) is 3.84. The van der Waals surface area contributed by atoms with Gasteiger partial charge in [0.25, 0.3) is 5.91 Å². The van der Waals surface area contributed by atoms with Crippen molar-refractivity contribution < 1.29 is 23.8 Å². The van der Waals surface area contributed by atoms with Crippen LogP contribution >= 0.6 is 11.3 Å². The molecule has 0 unspecified atom stereocenters. The molecular formula is C21H19NO5S. The van der Waals surface area contributed by atoms with Crippen molar-refractivity contribution in [1.29, 1.82) is 0 Å². The largest absolute Gasteiger partial charge is 0.493 e. The predicted molar refractivity (Wildman–Crippen MR) is 109 cm³/mol. The first-order chi connectivity index (χ1) is 13.6. The number of methoxy groups -OCH3 is 3. The van der Waals surface area contributed by atoms with Crippen LogP contribution in [0.3, 0.4) is 0 Å². The van der Waals surface area contributed by atoms with Crippen LogP contribution in [0.4, 0.5) is 5.00 Å². The van der Waals surface area contributed by atoms with Crippen molar-refractivity contribution >= 4 is 28.2 Å². The first-order valence-corrected chi connectivity index (χ1v) is 9.25. The summed E-state index contributed by atoms with van der Waals surface area (Å²) in [7, 11) is 4.34. The Bertz CT molecular complexity index is 997. The Morgan fingerprint density at radius 2 is 1.64 bits per heavy atom. The van der Waals surface area contributed by atoms with Crippen molar-refractivity contribution in [2.24, 2.45) is 0 Å². The SMILES string of the molecule is COC(=O)c1c(-c2ccccc2)csc1NC(=O)c1ccc(OC)c(OC)c1. The zero-order chi connectivity index (χ0) is 20.1. The summed E-state index contributed by atoms with van der Waals surface area (Å²) in [4.78, 5) is 25.1. The fourth-order valence-corrected chi connectivity index (χ4v) is 3.69. The molecular weight excluding hydrogens is 378 g/mol. The lowest BCUT2D eigenvalue weighted by molar-refractivity contribution is 0.0603. The molecule has 0 aliphatic heterocycles. The monoisotopic (exact) mass is 397 g/mol. The number of carbonyl (C=O) groups excluding carboxylic acids is 2. The molecule has 1 N–H and O–H groups in total. The van der Waals surface area contributed by atoms with Crippen LogP contribution < -0.4 is 14.8 Å². The van der Waals surface area contributed by atoms with Gasteiger partial charge in [0.05, 0.1) is 21.3 Å². The molecule has 0 aliphatic rings. The van der Waals surface area contributed by atoms with Crippen LogP contribution in [0.25, 0.3) is 11.1 Å². The average Bonchev–Trinajstić information content (AvgIpc) is 3.16. The van der Waals surface area contributed by atoms with Crippen LogP contribution in [-0.2, 0) is 4.74 Å². The highest BCUT2D eigenvalue weighted by Gasteiger charge is 2.23. The van der Waals surface area contributed by atoms with Gasteiger partial charge in [-0.15, -0.1) is 11.3 Å². The molecule has 3 rings (SSSR count). The van der Waals surface area contributed by atoms with Gasteiger partial charge in [0.2, 0.25) is 0 Å². The van der Waals surface area contributed by atoms with Crippen molar-refractivity contribution in [3.8, 4) is 22.6 Å². The highest BCUT2D eigenvalue weighted by atomic mass is 32.1. The van der Waals surface area contributed by atoms with E-state index < -0.39 is 5.97 Å². The van der Waals surface area contributed by atoms with Gasteiger partial charge in [0.1, 0.15) is 10.6 Å². The Hall–Kier alpha value is -3.32. The number of nitrogens with one attached hydrogen (secondary N) is 1. The van der Waals surface area contributed by atoms with Crippen LogP contribution in [-0.4, -0.2) is 33.2 Å². The number of benzene rings is 2. The molecule has 28 heavy (non-hydrogen) atoms. The van der Waals surface area contributed by atoms with Gasteiger partial charge < -0.3 is 19.5 Å². The number of anilines is 1. The van der Waals surface area contributed by atoms with Crippen LogP contribution in [0.15, 0.2) is 53.9 Å². The van der Waals surface area contributed by atoms with Gasteiger partial charge in [-0.05, 0) is 23.8 Å². The third-order valence-corrected chi connectivity index (χ3v) is 5.03. The number of amides is 1. The topological polar surface area (TPSA) is 73.9 Å². The number of ether oxygens (including phenoxy) is 3. The Labute approximate surface area is 166 Å². The molecule has 0 bridgehead atoms. The minimum atomic E-state index is -0.511. The summed E-state index contributed by atoms with van der Waals surface area (Å²) in [6, 6.07) is 14.3. The van der Waals surface area contributed by atoms with Crippen molar-refractivity contribution in [2.45, 2.75) is 0 Å². The van der Waals surface area contributed by atoms with Gasteiger partial charge in [0, 0.05) is 16.5 Å². The number of hydrogen-bond donors (Lipinski definition) is 1. The Morgan fingerprint density at radius 3 is 2.29 bits per heavy atom. The summed E-state index contributed by atoms with van der Waals surface area (Å²) in [5.74, 6) is 0.0894. The lowest BCUT2D eigenvalue weighted by Crippen LogP contribution is -2.14. The van der Waals surface area contributed by atoms with Crippen molar-refractivity contribution in [3.05, 3.63) is 65.0 Å². The Kier molecular flexibility index (Phi) is 5.96. The summed E-state index contributed by atoms with van der Waals surface area (Å²) in [5.41, 5.74) is 2.28. The molecule has 1 aromatic heterocycles. The molecule has 6 nitrogen and oxygen atoms in total. The predicted octanol–water partition coefficient (Wildman–Crippen LogP) is 4.47. The maximum atomic E-state index is 12.7. The fourth-order valence-electron chi connectivity index (χ4n) is 2.74. The minimum absolute atomic E-state index is 0.326. The number of rotatable bonds is 6. The molecule has 0 saturated heterocycles. The van der Waals surface area contributed by atoms with Crippen LogP contribution in [0.5, 0.6) is 11.5 Å². The third-order valence-electron chi connectivity index (χ3n) is 4.14. The molecule has 144 valence electrons. The van der Waals surface area contributed by atoms with E-state index in [4.69, 9.17) is 14.2 Å². The molecule has 3 aromatic rings. The number of hydrogen-bond acceptors (Lipinski definition) is 6. The van der Waals surface area contributed by atoms with Gasteiger partial charge in [-0.2, -0.15) is 0 Å². The molecule has 1 heterocycles. The Morgan fingerprint density at radius 1 is 0.929 bits per heavy atom. The fraction of sp³-hybridized carbons (Fsp3) is 0.143. The van der Waals surface area contributed by atoms with E-state index in [1.165, 1.54) is 32.7 Å². The lowest BCUT2D eigenvalue weighted by Gasteiger charge is -2.10. The standard InChI is InChI=1S/C21H19NO5S/c1-25-16-10-9-14(11-17(16)26-2)19(23)22-20-18(21(24)27-3)15(12-28-20)13-7-5-4-6-8-13/h4-12H,1-3H3,(H,22,23). The van der Waals surface area contributed by atoms with E-state index in [0.717, 1.165) is 5.56 Å². The zero-order valence-corrected chi connectivity index (χ0v) is 16.5. The molecule has 0 aliphatic carbocycles. The summed E-state index contributed by atoms with van der Waals surface area (Å²) >= 11 is 1.27. The maximum absolute atomic E-state index is 12.7. The quantitative estimate of drug-likeness (QED) is 0.621. The molecule has 0 radical (unpaired) electrons. The molecule has 1 amide bonds. The van der Waals surface area contributed by atoms with E-state index in [-0.39, 0.29) is 5.91 Å². The van der Waals surface area contributed by atoms with Gasteiger partial charge in [-0.1, -0.05) is 30.3 Å². The maximum Gasteiger partial charge on any atom is 0.341 e. The normalized spacial score (nSPS) is 10.2. The van der Waals surface area contributed by atoms with Crippen molar-refractivity contribution in [1.82, 2.24) is 0 Å². The van der Waals surface area contributed by atoms with E-state index in [1.807, 2.05) is 35.7 Å². The van der Waals surface area contributed by atoms with Gasteiger partial charge in [0.15, 0.2) is 11.5 Å². The second kappa shape index (κ2) is 8.58. The van der Waals surface area contributed by atoms with E-state index >= 15 is 0 Å². The van der Waals surface area contributed by atoms with Gasteiger partial charge >= 0.3 is 5.97 Å². The second-order valence-electron chi connectivity index (χ2n) is 5.73. The van der Waals surface area contributed by atoms with E-state index in [9.17, 15) is 9.59 Å². The van der Waals surface area contributed by atoms with Crippen LogP contribution in [0.2, 0.25) is 0 Å². The van der Waals surface area contributed by atoms with Gasteiger partial charge in [-0.25, -0.2) is 4.79 Å². The van der Waals surface area contributed by atoms with Crippen LogP contribution in [0.1, 0.15) is 20.7 Å².